The van der Waals surface area contributed by atoms with Crippen molar-refractivity contribution in [3.8, 4) is 18.2 Å². The molecule has 0 bridgehead atoms. The molecule has 0 saturated heterocycles. The van der Waals surface area contributed by atoms with Crippen molar-refractivity contribution in [3.05, 3.63) is 18.2 Å². The Morgan fingerprint density at radius 2 is 2.23 bits per heavy atom. The van der Waals surface area contributed by atoms with Gasteiger partial charge in [-0.05, 0) is 19.9 Å². The highest BCUT2D eigenvalue weighted by atomic mass is 16.5. The topological polar surface area (TPSA) is 48.1 Å². The third-order valence-corrected chi connectivity index (χ3v) is 1.45. The average molecular weight is 176 g/mol. The SMILES string of the molecule is C#CC(C)(C)Oc1cccc(N)n1. The fourth-order valence-electron chi connectivity index (χ4n) is 0.779. The Hall–Kier alpha value is -1.69. The zero-order valence-corrected chi connectivity index (χ0v) is 7.74. The van der Waals surface area contributed by atoms with E-state index < -0.39 is 5.60 Å². The molecule has 0 aliphatic rings. The van der Waals surface area contributed by atoms with Crippen molar-refractivity contribution in [1.82, 2.24) is 4.98 Å². The van der Waals surface area contributed by atoms with E-state index in [-0.39, 0.29) is 0 Å². The minimum Gasteiger partial charge on any atom is -0.458 e. The van der Waals surface area contributed by atoms with Crippen LogP contribution in [0.25, 0.3) is 0 Å². The van der Waals surface area contributed by atoms with Crippen LogP contribution in [-0.4, -0.2) is 10.6 Å². The first-order valence-corrected chi connectivity index (χ1v) is 3.93. The predicted octanol–water partition coefficient (Wildman–Crippen LogP) is 1.45. The van der Waals surface area contributed by atoms with E-state index in [4.69, 9.17) is 16.9 Å². The van der Waals surface area contributed by atoms with Crippen molar-refractivity contribution in [3.63, 3.8) is 0 Å². The summed E-state index contributed by atoms with van der Waals surface area (Å²) in [6.45, 7) is 3.58. The molecule has 13 heavy (non-hydrogen) atoms. The molecule has 0 atom stereocenters. The number of hydrogen-bond donors (Lipinski definition) is 1. The van der Waals surface area contributed by atoms with Gasteiger partial charge in [-0.15, -0.1) is 6.42 Å². The van der Waals surface area contributed by atoms with Gasteiger partial charge in [0, 0.05) is 6.07 Å². The maximum Gasteiger partial charge on any atom is 0.216 e. The molecule has 2 N–H and O–H groups in total. The average Bonchev–Trinajstić information content (AvgIpc) is 2.03. The first-order chi connectivity index (χ1) is 6.03. The quantitative estimate of drug-likeness (QED) is 0.694. The van der Waals surface area contributed by atoms with Gasteiger partial charge >= 0.3 is 0 Å². The fourth-order valence-corrected chi connectivity index (χ4v) is 0.779. The highest BCUT2D eigenvalue weighted by Crippen LogP contribution is 2.15. The van der Waals surface area contributed by atoms with E-state index in [1.54, 1.807) is 32.0 Å². The van der Waals surface area contributed by atoms with Gasteiger partial charge in [0.05, 0.1) is 0 Å². The van der Waals surface area contributed by atoms with Crippen LogP contribution in [0, 0.1) is 12.3 Å². The fraction of sp³-hybridized carbons (Fsp3) is 0.300. The molecule has 1 heterocycles. The molecule has 0 aliphatic carbocycles. The Balaban J connectivity index is 2.82. The van der Waals surface area contributed by atoms with Gasteiger partial charge in [0.1, 0.15) is 5.82 Å². The van der Waals surface area contributed by atoms with Gasteiger partial charge < -0.3 is 10.5 Å². The molecular weight excluding hydrogens is 164 g/mol. The van der Waals surface area contributed by atoms with E-state index in [0.29, 0.717) is 11.7 Å². The standard InChI is InChI=1S/C10H12N2O/c1-4-10(2,3)13-9-7-5-6-8(11)12-9/h1,5-7H,2-3H3,(H2,11,12). The van der Waals surface area contributed by atoms with E-state index in [9.17, 15) is 0 Å². The highest BCUT2D eigenvalue weighted by molar-refractivity contribution is 5.31. The summed E-state index contributed by atoms with van der Waals surface area (Å²) in [5, 5.41) is 0. The van der Waals surface area contributed by atoms with Crippen LogP contribution in [0.4, 0.5) is 5.82 Å². The summed E-state index contributed by atoms with van der Waals surface area (Å²) in [4.78, 5) is 3.97. The van der Waals surface area contributed by atoms with Gasteiger partial charge in [0.2, 0.25) is 5.88 Å². The third kappa shape index (κ3) is 2.68. The molecule has 0 aliphatic heterocycles. The normalized spacial score (nSPS) is 10.5. The lowest BCUT2D eigenvalue weighted by Crippen LogP contribution is -2.26. The van der Waals surface area contributed by atoms with E-state index in [1.807, 2.05) is 0 Å². The molecule has 0 saturated carbocycles. The molecule has 0 unspecified atom stereocenters. The minimum absolute atomic E-state index is 0.422. The van der Waals surface area contributed by atoms with Crippen LogP contribution in [0.1, 0.15) is 13.8 Å². The monoisotopic (exact) mass is 176 g/mol. The van der Waals surface area contributed by atoms with Crippen LogP contribution in [0.15, 0.2) is 18.2 Å². The van der Waals surface area contributed by atoms with Crippen molar-refractivity contribution in [2.75, 3.05) is 5.73 Å². The Kier molecular flexibility index (Phi) is 2.43. The second-order valence-electron chi connectivity index (χ2n) is 3.16. The summed E-state index contributed by atoms with van der Waals surface area (Å²) in [6, 6.07) is 5.18. The van der Waals surface area contributed by atoms with Gasteiger partial charge in [-0.3, -0.25) is 0 Å². The van der Waals surface area contributed by atoms with E-state index >= 15 is 0 Å². The van der Waals surface area contributed by atoms with E-state index in [0.717, 1.165) is 0 Å². The molecule has 0 aromatic carbocycles. The van der Waals surface area contributed by atoms with Crippen LogP contribution in [0.2, 0.25) is 0 Å². The second kappa shape index (κ2) is 3.36. The molecule has 0 radical (unpaired) electrons. The summed E-state index contributed by atoms with van der Waals surface area (Å²) >= 11 is 0. The van der Waals surface area contributed by atoms with Gasteiger partial charge in [0.25, 0.3) is 0 Å². The van der Waals surface area contributed by atoms with Gasteiger partial charge in [0.15, 0.2) is 5.60 Å². The summed E-state index contributed by atoms with van der Waals surface area (Å²) in [5.41, 5.74) is 4.82. The largest absolute Gasteiger partial charge is 0.458 e. The number of terminal acetylenes is 1. The van der Waals surface area contributed by atoms with Crippen molar-refractivity contribution < 1.29 is 4.74 Å². The van der Waals surface area contributed by atoms with Crippen LogP contribution < -0.4 is 10.5 Å². The molecule has 1 rings (SSSR count). The van der Waals surface area contributed by atoms with Crippen molar-refractivity contribution in [2.45, 2.75) is 19.4 Å². The number of hydrogen-bond acceptors (Lipinski definition) is 3. The molecule has 3 nitrogen and oxygen atoms in total. The molecule has 1 aromatic rings. The Labute approximate surface area is 77.9 Å². The molecular formula is C10H12N2O. The molecule has 68 valence electrons. The maximum absolute atomic E-state index is 5.48. The number of rotatable bonds is 2. The Morgan fingerprint density at radius 1 is 1.54 bits per heavy atom. The number of nitrogens with zero attached hydrogens (tertiary/aromatic N) is 1. The molecule has 1 aromatic heterocycles. The molecule has 0 spiro atoms. The number of nitrogen functional groups attached to an aromatic ring is 1. The number of pyridine rings is 1. The van der Waals surface area contributed by atoms with Crippen molar-refractivity contribution in [1.29, 1.82) is 0 Å². The van der Waals surface area contributed by atoms with Crippen LogP contribution in [0.3, 0.4) is 0 Å². The Bertz CT molecular complexity index is 339. The minimum atomic E-state index is -0.652. The van der Waals surface area contributed by atoms with Crippen molar-refractivity contribution >= 4 is 5.82 Å². The number of nitrogens with two attached hydrogens (primary N) is 1. The van der Waals surface area contributed by atoms with E-state index in [2.05, 4.69) is 10.9 Å². The highest BCUT2D eigenvalue weighted by Gasteiger charge is 2.15. The zero-order valence-electron chi connectivity index (χ0n) is 7.74. The summed E-state index contributed by atoms with van der Waals surface area (Å²) < 4.78 is 5.40. The molecule has 0 amide bonds. The maximum atomic E-state index is 5.48. The molecule has 0 fully saturated rings. The zero-order chi connectivity index (χ0) is 9.90. The lowest BCUT2D eigenvalue weighted by molar-refractivity contribution is 0.165. The number of anilines is 1. The number of aromatic nitrogens is 1. The Morgan fingerprint density at radius 3 is 2.77 bits per heavy atom. The van der Waals surface area contributed by atoms with Crippen LogP contribution >= 0.6 is 0 Å². The smallest absolute Gasteiger partial charge is 0.216 e. The summed E-state index contributed by atoms with van der Waals surface area (Å²) in [6.07, 6.45) is 5.26. The lowest BCUT2D eigenvalue weighted by atomic mass is 10.1. The van der Waals surface area contributed by atoms with Crippen LogP contribution in [0.5, 0.6) is 5.88 Å². The first kappa shape index (κ1) is 9.40. The lowest BCUT2D eigenvalue weighted by Gasteiger charge is -2.19. The second-order valence-corrected chi connectivity index (χ2v) is 3.16. The predicted molar refractivity (Wildman–Crippen MR) is 52.2 cm³/mol. The van der Waals surface area contributed by atoms with Gasteiger partial charge in [-0.2, -0.15) is 4.98 Å². The third-order valence-electron chi connectivity index (χ3n) is 1.45. The van der Waals surface area contributed by atoms with Gasteiger partial charge in [-0.25, -0.2) is 0 Å². The van der Waals surface area contributed by atoms with Crippen molar-refractivity contribution in [2.24, 2.45) is 0 Å². The molecule has 3 heteroatoms. The van der Waals surface area contributed by atoms with E-state index in [1.165, 1.54) is 0 Å². The van der Waals surface area contributed by atoms with Crippen LogP contribution in [-0.2, 0) is 0 Å². The number of ether oxygens (including phenoxy) is 1. The van der Waals surface area contributed by atoms with Gasteiger partial charge in [-0.1, -0.05) is 12.0 Å². The first-order valence-electron chi connectivity index (χ1n) is 3.93. The summed E-state index contributed by atoms with van der Waals surface area (Å²) in [7, 11) is 0. The summed E-state index contributed by atoms with van der Waals surface area (Å²) in [5.74, 6) is 3.37.